The number of hydrogen-bond donors (Lipinski definition) is 2. The van der Waals surface area contributed by atoms with Crippen LogP contribution in [-0.4, -0.2) is 39.1 Å². The Kier molecular flexibility index (Phi) is 8.21. The van der Waals surface area contributed by atoms with Gasteiger partial charge in [-0.25, -0.2) is 0 Å². The second-order valence-electron chi connectivity index (χ2n) is 8.97. The minimum Gasteiger partial charge on any atom is -0.385 e. The van der Waals surface area contributed by atoms with Crippen molar-refractivity contribution < 1.29 is 9.90 Å². The predicted molar refractivity (Wildman–Crippen MR) is 144 cm³/mol. The van der Waals surface area contributed by atoms with Gasteiger partial charge in [0.25, 0.3) is 0 Å². The van der Waals surface area contributed by atoms with Crippen LogP contribution >= 0.6 is 22.9 Å². The standard InChI is InChI=1S/C27H29ClN4O3S/c1-17-23(16-31(2)15-22(33)21-6-4-5-11-29-21)36-27-25(17)32(3)14-19(26(27)35)12-24(34)30-13-18-7-9-20(28)10-8-18/h4-11,14,22,33H,12-13,15-16H2,1-3H3,(H,30,34)/t22-/m1/s1. The van der Waals surface area contributed by atoms with Crippen molar-refractivity contribution in [3.63, 3.8) is 0 Å². The summed E-state index contributed by atoms with van der Waals surface area (Å²) in [6, 6.07) is 12.7. The maximum absolute atomic E-state index is 13.3. The van der Waals surface area contributed by atoms with E-state index in [-0.39, 0.29) is 17.8 Å². The molecule has 7 nitrogen and oxygen atoms in total. The second-order valence-corrected chi connectivity index (χ2v) is 10.5. The number of carbonyl (C=O) groups excluding carboxylic acids is 1. The van der Waals surface area contributed by atoms with Crippen LogP contribution in [0.2, 0.25) is 5.02 Å². The van der Waals surface area contributed by atoms with Gasteiger partial charge in [-0.1, -0.05) is 29.8 Å². The molecule has 0 radical (unpaired) electrons. The normalized spacial score (nSPS) is 12.3. The fourth-order valence-corrected chi connectivity index (χ4v) is 5.74. The monoisotopic (exact) mass is 524 g/mol. The van der Waals surface area contributed by atoms with Gasteiger partial charge >= 0.3 is 0 Å². The van der Waals surface area contributed by atoms with Gasteiger partial charge in [-0.2, -0.15) is 0 Å². The first-order valence-corrected chi connectivity index (χ1v) is 12.8. The smallest absolute Gasteiger partial charge is 0.224 e. The Balaban J connectivity index is 1.47. The molecule has 0 aliphatic carbocycles. The van der Waals surface area contributed by atoms with E-state index in [1.165, 1.54) is 11.3 Å². The van der Waals surface area contributed by atoms with Crippen LogP contribution in [0.4, 0.5) is 0 Å². The first kappa shape index (κ1) is 26.0. The Bertz CT molecular complexity index is 1420. The summed E-state index contributed by atoms with van der Waals surface area (Å²) >= 11 is 7.36. The fourth-order valence-electron chi connectivity index (χ4n) is 4.22. The zero-order valence-corrected chi connectivity index (χ0v) is 22.1. The highest BCUT2D eigenvalue weighted by Gasteiger charge is 2.19. The fraction of sp³-hybridized carbons (Fsp3) is 0.296. The van der Waals surface area contributed by atoms with E-state index in [4.69, 9.17) is 11.6 Å². The molecule has 3 aromatic heterocycles. The van der Waals surface area contributed by atoms with E-state index in [1.54, 1.807) is 30.6 Å². The predicted octanol–water partition coefficient (Wildman–Crippen LogP) is 3.98. The van der Waals surface area contributed by atoms with Crippen LogP contribution < -0.4 is 10.7 Å². The largest absolute Gasteiger partial charge is 0.385 e. The molecule has 1 amide bonds. The van der Waals surface area contributed by atoms with Crippen LogP contribution in [0.5, 0.6) is 0 Å². The van der Waals surface area contributed by atoms with Crippen LogP contribution in [0, 0.1) is 6.92 Å². The molecule has 0 fully saturated rings. The molecular formula is C27H29ClN4O3S. The number of likely N-dealkylation sites (N-methyl/N-ethyl adjacent to an activating group) is 1. The number of rotatable bonds is 9. The number of aliphatic hydroxyl groups is 1. The SMILES string of the molecule is Cc1c(CN(C)C[C@@H](O)c2ccccn2)sc2c(=O)c(CC(=O)NCc3ccc(Cl)cc3)cn(C)c12. The van der Waals surface area contributed by atoms with Crippen molar-refractivity contribution in [2.45, 2.75) is 32.5 Å². The van der Waals surface area contributed by atoms with Crippen molar-refractivity contribution in [2.24, 2.45) is 7.05 Å². The summed E-state index contributed by atoms with van der Waals surface area (Å²) in [6.07, 6.45) is 2.73. The number of halogens is 1. The highest BCUT2D eigenvalue weighted by molar-refractivity contribution is 7.19. The minimum absolute atomic E-state index is 0.0126. The number of nitrogens with zero attached hydrogens (tertiary/aromatic N) is 3. The first-order chi connectivity index (χ1) is 17.2. The summed E-state index contributed by atoms with van der Waals surface area (Å²) in [7, 11) is 3.83. The van der Waals surface area contributed by atoms with Gasteiger partial charge in [0.1, 0.15) is 6.10 Å². The van der Waals surface area contributed by atoms with E-state index >= 15 is 0 Å². The van der Waals surface area contributed by atoms with E-state index in [0.717, 1.165) is 21.5 Å². The van der Waals surface area contributed by atoms with Gasteiger partial charge in [-0.05, 0) is 49.4 Å². The molecule has 1 aromatic carbocycles. The number of aryl methyl sites for hydroxylation is 2. The van der Waals surface area contributed by atoms with Crippen molar-refractivity contribution in [3.8, 4) is 0 Å². The Hall–Kier alpha value is -3.04. The van der Waals surface area contributed by atoms with Gasteiger partial charge in [0.15, 0.2) is 0 Å². The average Bonchev–Trinajstić information content (AvgIpc) is 3.18. The summed E-state index contributed by atoms with van der Waals surface area (Å²) in [6.45, 7) is 3.39. The molecule has 0 unspecified atom stereocenters. The number of fused-ring (bicyclic) bond motifs is 1. The molecule has 0 aliphatic rings. The van der Waals surface area contributed by atoms with E-state index in [1.807, 2.05) is 54.8 Å². The quantitative estimate of drug-likeness (QED) is 0.346. The van der Waals surface area contributed by atoms with Crippen molar-refractivity contribution in [1.29, 1.82) is 0 Å². The number of benzene rings is 1. The lowest BCUT2D eigenvalue weighted by atomic mass is 10.1. The molecule has 0 saturated heterocycles. The van der Waals surface area contributed by atoms with Gasteiger partial charge < -0.3 is 15.0 Å². The van der Waals surface area contributed by atoms with Gasteiger partial charge in [-0.15, -0.1) is 11.3 Å². The Morgan fingerprint density at radius 1 is 1.25 bits per heavy atom. The van der Waals surface area contributed by atoms with Crippen LogP contribution in [0.1, 0.15) is 33.4 Å². The third kappa shape index (κ3) is 6.02. The van der Waals surface area contributed by atoms with Crippen molar-refractivity contribution >= 4 is 39.1 Å². The molecule has 1 atom stereocenters. The number of thiophene rings is 1. The summed E-state index contributed by atoms with van der Waals surface area (Å²) in [5.41, 5.74) is 3.83. The molecule has 0 bridgehead atoms. The van der Waals surface area contributed by atoms with E-state index in [0.29, 0.717) is 40.6 Å². The lowest BCUT2D eigenvalue weighted by Gasteiger charge is -2.20. The summed E-state index contributed by atoms with van der Waals surface area (Å²) in [4.78, 5) is 33.2. The molecule has 9 heteroatoms. The molecule has 36 heavy (non-hydrogen) atoms. The number of carbonyl (C=O) groups is 1. The number of aromatic nitrogens is 2. The molecule has 0 aliphatic heterocycles. The van der Waals surface area contributed by atoms with E-state index in [9.17, 15) is 14.7 Å². The molecule has 2 N–H and O–H groups in total. The van der Waals surface area contributed by atoms with Gasteiger partial charge in [-0.3, -0.25) is 19.5 Å². The molecule has 4 aromatic rings. The summed E-state index contributed by atoms with van der Waals surface area (Å²) in [5.74, 6) is -0.210. The molecule has 0 saturated carbocycles. The lowest BCUT2D eigenvalue weighted by molar-refractivity contribution is -0.120. The highest BCUT2D eigenvalue weighted by atomic mass is 35.5. The Labute approximate surface area is 219 Å². The van der Waals surface area contributed by atoms with Crippen LogP contribution in [-0.2, 0) is 31.4 Å². The summed E-state index contributed by atoms with van der Waals surface area (Å²) in [5, 5.41) is 14.0. The topological polar surface area (TPSA) is 87.5 Å². The Morgan fingerprint density at radius 3 is 2.69 bits per heavy atom. The lowest BCUT2D eigenvalue weighted by Crippen LogP contribution is -2.27. The summed E-state index contributed by atoms with van der Waals surface area (Å²) < 4.78 is 2.57. The zero-order chi connectivity index (χ0) is 25.8. The number of hydrogen-bond acceptors (Lipinski definition) is 6. The number of nitrogens with one attached hydrogen (secondary N) is 1. The number of amides is 1. The molecule has 0 spiro atoms. The molecule has 3 heterocycles. The van der Waals surface area contributed by atoms with E-state index in [2.05, 4.69) is 10.3 Å². The first-order valence-electron chi connectivity index (χ1n) is 11.6. The number of pyridine rings is 2. The van der Waals surface area contributed by atoms with Crippen LogP contribution in [0.15, 0.2) is 59.7 Å². The van der Waals surface area contributed by atoms with Gasteiger partial charge in [0, 0.05) is 54.5 Å². The second kappa shape index (κ2) is 11.3. The van der Waals surface area contributed by atoms with E-state index < -0.39 is 6.10 Å². The third-order valence-electron chi connectivity index (χ3n) is 6.10. The van der Waals surface area contributed by atoms with Crippen molar-refractivity contribution in [1.82, 2.24) is 19.8 Å². The highest BCUT2D eigenvalue weighted by Crippen LogP contribution is 2.30. The van der Waals surface area contributed by atoms with Crippen LogP contribution in [0.3, 0.4) is 0 Å². The maximum Gasteiger partial charge on any atom is 0.224 e. The molecule has 4 rings (SSSR count). The van der Waals surface area contributed by atoms with Crippen molar-refractivity contribution in [3.05, 3.63) is 97.4 Å². The third-order valence-corrected chi connectivity index (χ3v) is 7.61. The molecular weight excluding hydrogens is 496 g/mol. The number of aliphatic hydroxyl groups excluding tert-OH is 1. The van der Waals surface area contributed by atoms with Crippen molar-refractivity contribution in [2.75, 3.05) is 13.6 Å². The Morgan fingerprint density at radius 2 is 2.00 bits per heavy atom. The van der Waals surface area contributed by atoms with Crippen LogP contribution in [0.25, 0.3) is 10.2 Å². The zero-order valence-electron chi connectivity index (χ0n) is 20.5. The van der Waals surface area contributed by atoms with Gasteiger partial charge in [0.05, 0.1) is 22.3 Å². The maximum atomic E-state index is 13.3. The molecule has 188 valence electrons. The average molecular weight is 525 g/mol. The minimum atomic E-state index is -0.699. The van der Waals surface area contributed by atoms with Gasteiger partial charge in [0.2, 0.25) is 11.3 Å².